The average Bonchev–Trinajstić information content (AvgIpc) is 2.88. The molecule has 1 N–H and O–H groups in total. The molecule has 37 heavy (non-hydrogen) atoms. The van der Waals surface area contributed by atoms with E-state index in [2.05, 4.69) is 5.32 Å². The third-order valence-electron chi connectivity index (χ3n) is 6.96. The summed E-state index contributed by atoms with van der Waals surface area (Å²) in [6.07, 6.45) is 7.26. The summed E-state index contributed by atoms with van der Waals surface area (Å²) < 4.78 is 26.9. The van der Waals surface area contributed by atoms with Gasteiger partial charge in [-0.2, -0.15) is 0 Å². The summed E-state index contributed by atoms with van der Waals surface area (Å²) in [6, 6.07) is 13.7. The normalized spacial score (nSPS) is 15.1. The molecule has 2 amide bonds. The molecule has 9 heteroatoms. The van der Waals surface area contributed by atoms with Crippen LogP contribution in [0.5, 0.6) is 0 Å². The molecule has 1 fully saturated rings. The van der Waals surface area contributed by atoms with Crippen molar-refractivity contribution in [3.8, 4) is 0 Å². The largest absolute Gasteiger partial charge is 0.352 e. The van der Waals surface area contributed by atoms with Gasteiger partial charge in [0.1, 0.15) is 12.6 Å². The molecule has 202 valence electrons. The number of nitrogens with zero attached hydrogens (tertiary/aromatic N) is 2. The SMILES string of the molecule is CCc1ccccc1N(CC(=O)N(Cc1ccccc1Cl)[C@@H](CC)C(=O)NC1CCCCC1)S(C)(=O)=O. The van der Waals surface area contributed by atoms with E-state index in [4.69, 9.17) is 11.6 Å². The highest BCUT2D eigenvalue weighted by Gasteiger charge is 2.33. The molecule has 0 aliphatic heterocycles. The summed E-state index contributed by atoms with van der Waals surface area (Å²) >= 11 is 6.43. The highest BCUT2D eigenvalue weighted by molar-refractivity contribution is 7.92. The van der Waals surface area contributed by atoms with Crippen molar-refractivity contribution in [2.45, 2.75) is 77.4 Å². The van der Waals surface area contributed by atoms with Crippen molar-refractivity contribution in [1.29, 1.82) is 0 Å². The summed E-state index contributed by atoms with van der Waals surface area (Å²) in [7, 11) is -3.78. The van der Waals surface area contributed by atoms with Crippen LogP contribution in [0.2, 0.25) is 5.02 Å². The van der Waals surface area contributed by atoms with Crippen LogP contribution in [0, 0.1) is 0 Å². The zero-order valence-corrected chi connectivity index (χ0v) is 23.5. The monoisotopic (exact) mass is 547 g/mol. The Morgan fingerprint density at radius 2 is 1.62 bits per heavy atom. The van der Waals surface area contributed by atoms with E-state index in [0.29, 0.717) is 29.1 Å². The van der Waals surface area contributed by atoms with Crippen LogP contribution in [0.1, 0.15) is 63.5 Å². The van der Waals surface area contributed by atoms with Crippen LogP contribution in [-0.2, 0) is 32.6 Å². The Kier molecular flexibility index (Phi) is 10.4. The van der Waals surface area contributed by atoms with Gasteiger partial charge in [0.05, 0.1) is 11.9 Å². The lowest BCUT2D eigenvalue weighted by atomic mass is 9.95. The molecular weight excluding hydrogens is 510 g/mol. The number of hydrogen-bond acceptors (Lipinski definition) is 4. The fourth-order valence-electron chi connectivity index (χ4n) is 4.92. The van der Waals surface area contributed by atoms with Crippen molar-refractivity contribution in [3.05, 3.63) is 64.7 Å². The molecular formula is C28H38ClN3O4S. The van der Waals surface area contributed by atoms with Crippen LogP contribution in [0.3, 0.4) is 0 Å². The molecule has 1 aliphatic carbocycles. The molecule has 0 spiro atoms. The minimum absolute atomic E-state index is 0.0940. The van der Waals surface area contributed by atoms with E-state index in [0.717, 1.165) is 41.8 Å². The first kappa shape index (κ1) is 29.0. The molecule has 2 aromatic carbocycles. The fraction of sp³-hybridized carbons (Fsp3) is 0.500. The summed E-state index contributed by atoms with van der Waals surface area (Å²) in [5, 5.41) is 3.63. The first-order chi connectivity index (χ1) is 17.7. The van der Waals surface area contributed by atoms with Crippen molar-refractivity contribution < 1.29 is 18.0 Å². The lowest BCUT2D eigenvalue weighted by molar-refractivity contribution is -0.140. The van der Waals surface area contributed by atoms with Crippen molar-refractivity contribution in [1.82, 2.24) is 10.2 Å². The van der Waals surface area contributed by atoms with Crippen LogP contribution in [-0.4, -0.2) is 50.0 Å². The predicted molar refractivity (Wildman–Crippen MR) is 149 cm³/mol. The lowest BCUT2D eigenvalue weighted by Crippen LogP contribution is -2.54. The van der Waals surface area contributed by atoms with Crippen molar-refractivity contribution in [2.24, 2.45) is 0 Å². The molecule has 1 aliphatic rings. The Hall–Kier alpha value is -2.58. The molecule has 0 unspecified atom stereocenters. The van der Waals surface area contributed by atoms with E-state index < -0.39 is 28.5 Å². The number of amides is 2. The Morgan fingerprint density at radius 1 is 1.00 bits per heavy atom. The molecule has 1 saturated carbocycles. The number of halogens is 1. The molecule has 0 bridgehead atoms. The van der Waals surface area contributed by atoms with Gasteiger partial charge in [-0.05, 0) is 48.9 Å². The van der Waals surface area contributed by atoms with E-state index in [1.165, 1.54) is 11.3 Å². The first-order valence-corrected chi connectivity index (χ1v) is 15.3. The number of carbonyl (C=O) groups excluding carboxylic acids is 2. The molecule has 0 saturated heterocycles. The van der Waals surface area contributed by atoms with Crippen molar-refractivity contribution in [3.63, 3.8) is 0 Å². The van der Waals surface area contributed by atoms with E-state index >= 15 is 0 Å². The lowest BCUT2D eigenvalue weighted by Gasteiger charge is -2.34. The van der Waals surface area contributed by atoms with Gasteiger partial charge in [-0.25, -0.2) is 8.42 Å². The first-order valence-electron chi connectivity index (χ1n) is 13.0. The molecule has 0 aromatic heterocycles. The van der Waals surface area contributed by atoms with Crippen molar-refractivity contribution in [2.75, 3.05) is 17.1 Å². The number of benzene rings is 2. The fourth-order valence-corrected chi connectivity index (χ4v) is 6.00. The summed E-state index contributed by atoms with van der Waals surface area (Å²) in [6.45, 7) is 3.49. The number of carbonyl (C=O) groups is 2. The van der Waals surface area contributed by atoms with Crippen LogP contribution in [0.15, 0.2) is 48.5 Å². The van der Waals surface area contributed by atoms with Crippen LogP contribution >= 0.6 is 11.6 Å². The zero-order chi connectivity index (χ0) is 27.0. The van der Waals surface area contributed by atoms with Gasteiger partial charge in [-0.3, -0.25) is 13.9 Å². The third-order valence-corrected chi connectivity index (χ3v) is 8.45. The van der Waals surface area contributed by atoms with Gasteiger partial charge in [0.2, 0.25) is 21.8 Å². The Bertz CT molecular complexity index is 1180. The highest BCUT2D eigenvalue weighted by Crippen LogP contribution is 2.26. The van der Waals surface area contributed by atoms with E-state index in [1.54, 1.807) is 24.3 Å². The maximum absolute atomic E-state index is 13.9. The third kappa shape index (κ3) is 7.71. The zero-order valence-electron chi connectivity index (χ0n) is 22.0. The van der Waals surface area contributed by atoms with Crippen LogP contribution in [0.4, 0.5) is 5.69 Å². The second-order valence-electron chi connectivity index (χ2n) is 9.63. The molecule has 0 radical (unpaired) electrons. The van der Waals surface area contributed by atoms with Crippen molar-refractivity contribution >= 4 is 39.1 Å². The summed E-state index contributed by atoms with van der Waals surface area (Å²) in [5.41, 5.74) is 1.99. The number of aryl methyl sites for hydroxylation is 1. The molecule has 0 heterocycles. The minimum atomic E-state index is -3.78. The van der Waals surface area contributed by atoms with Gasteiger partial charge >= 0.3 is 0 Å². The second-order valence-corrected chi connectivity index (χ2v) is 11.9. The summed E-state index contributed by atoms with van der Waals surface area (Å²) in [4.78, 5) is 28.8. The van der Waals surface area contributed by atoms with E-state index in [9.17, 15) is 18.0 Å². The number of rotatable bonds is 11. The van der Waals surface area contributed by atoms with E-state index in [-0.39, 0.29) is 18.5 Å². The topological polar surface area (TPSA) is 86.8 Å². The number of hydrogen-bond donors (Lipinski definition) is 1. The Labute approximate surface area is 226 Å². The van der Waals surface area contributed by atoms with Crippen LogP contribution in [0.25, 0.3) is 0 Å². The molecule has 3 rings (SSSR count). The van der Waals surface area contributed by atoms with Gasteiger partial charge in [0, 0.05) is 17.6 Å². The van der Waals surface area contributed by atoms with Gasteiger partial charge in [0.25, 0.3) is 0 Å². The maximum atomic E-state index is 13.9. The van der Waals surface area contributed by atoms with Gasteiger partial charge in [-0.15, -0.1) is 0 Å². The highest BCUT2D eigenvalue weighted by atomic mass is 35.5. The number of nitrogens with one attached hydrogen (secondary N) is 1. The molecule has 2 aromatic rings. The van der Waals surface area contributed by atoms with Gasteiger partial charge < -0.3 is 10.2 Å². The van der Waals surface area contributed by atoms with Gasteiger partial charge in [0.15, 0.2) is 0 Å². The quantitative estimate of drug-likeness (QED) is 0.432. The average molecular weight is 548 g/mol. The van der Waals surface area contributed by atoms with Crippen LogP contribution < -0.4 is 9.62 Å². The number of anilines is 1. The minimum Gasteiger partial charge on any atom is -0.352 e. The number of sulfonamides is 1. The Morgan fingerprint density at radius 3 is 2.22 bits per heavy atom. The second kappa shape index (κ2) is 13.3. The number of para-hydroxylation sites is 1. The predicted octanol–water partition coefficient (Wildman–Crippen LogP) is 4.92. The Balaban J connectivity index is 1.95. The van der Waals surface area contributed by atoms with Gasteiger partial charge in [-0.1, -0.05) is 81.1 Å². The summed E-state index contributed by atoms with van der Waals surface area (Å²) in [5.74, 6) is -0.670. The van der Waals surface area contributed by atoms with E-state index in [1.807, 2.05) is 38.1 Å². The smallest absolute Gasteiger partial charge is 0.244 e. The maximum Gasteiger partial charge on any atom is 0.244 e. The molecule has 1 atom stereocenters. The standard InChI is InChI=1S/C28H38ClN3O4S/c1-4-21-13-10-12-18-26(21)32(37(3,35)36)20-27(33)31(19-22-14-9-11-17-24(22)29)25(5-2)28(34)30-23-15-7-6-8-16-23/h9-14,17-18,23,25H,4-8,15-16,19-20H2,1-3H3,(H,30,34)/t25-/m0/s1. The molecule has 7 nitrogen and oxygen atoms in total.